The first-order chi connectivity index (χ1) is 17.9. The second-order valence-electron chi connectivity index (χ2n) is 10.6. The van der Waals surface area contributed by atoms with Gasteiger partial charge in [0.1, 0.15) is 0 Å². The first kappa shape index (κ1) is 24.9. The van der Waals surface area contributed by atoms with E-state index in [0.717, 1.165) is 16.3 Å². The van der Waals surface area contributed by atoms with E-state index < -0.39 is 5.41 Å². The molecule has 37 heavy (non-hydrogen) atoms. The fourth-order valence-corrected chi connectivity index (χ4v) is 5.39. The highest BCUT2D eigenvalue weighted by Gasteiger charge is 2.38. The number of hydrogen-bond acceptors (Lipinski definition) is 2. The second-order valence-corrected chi connectivity index (χ2v) is 11.1. The first-order valence-corrected chi connectivity index (χ1v) is 13.2. The maximum atomic E-state index is 4.73. The minimum absolute atomic E-state index is 0.130. The van der Waals surface area contributed by atoms with Crippen molar-refractivity contribution in [2.45, 2.75) is 36.5 Å². The average Bonchev–Trinajstić information content (AvgIpc) is 2.91. The molecular weight excluding hydrogens is 466 g/mol. The first-order valence-electron chi connectivity index (χ1n) is 12.8. The van der Waals surface area contributed by atoms with Gasteiger partial charge in [0.05, 0.1) is 5.41 Å². The molecule has 0 aromatic heterocycles. The van der Waals surface area contributed by atoms with Gasteiger partial charge in [-0.05, 0) is 69.6 Å². The summed E-state index contributed by atoms with van der Waals surface area (Å²) in [4.78, 5) is 0.946. The fourth-order valence-electron chi connectivity index (χ4n) is 5.17. The molecule has 0 aliphatic heterocycles. The van der Waals surface area contributed by atoms with Crippen molar-refractivity contribution in [3.8, 4) is 0 Å². The van der Waals surface area contributed by atoms with E-state index in [1.54, 1.807) is 0 Å². The average molecular weight is 500 g/mol. The Balaban J connectivity index is 1.68. The van der Waals surface area contributed by atoms with E-state index in [-0.39, 0.29) is 5.41 Å². The lowest BCUT2D eigenvalue weighted by molar-refractivity contribution is 0.590. The van der Waals surface area contributed by atoms with Gasteiger partial charge in [-0.15, -0.1) is 12.6 Å². The Labute approximate surface area is 226 Å². The lowest BCUT2D eigenvalue weighted by atomic mass is 9.65. The Kier molecular flexibility index (Phi) is 6.95. The third-order valence-corrected chi connectivity index (χ3v) is 7.31. The van der Waals surface area contributed by atoms with Crippen LogP contribution in [-0.4, -0.2) is 0 Å². The normalized spacial score (nSPS) is 11.8. The predicted octanol–water partition coefficient (Wildman–Crippen LogP) is 9.40. The summed E-state index contributed by atoms with van der Waals surface area (Å²) in [5.41, 5.74) is 7.89. The summed E-state index contributed by atoms with van der Waals surface area (Å²) in [6, 6.07) is 47.6. The van der Waals surface area contributed by atoms with Gasteiger partial charge in [0.25, 0.3) is 0 Å². The van der Waals surface area contributed by atoms with Crippen molar-refractivity contribution in [3.05, 3.63) is 161 Å². The van der Waals surface area contributed by atoms with Gasteiger partial charge in [-0.2, -0.15) is 0 Å². The molecule has 5 aromatic rings. The van der Waals surface area contributed by atoms with Crippen LogP contribution < -0.4 is 5.32 Å². The third-order valence-electron chi connectivity index (χ3n) is 7.03. The van der Waals surface area contributed by atoms with Crippen molar-refractivity contribution in [1.82, 2.24) is 0 Å². The van der Waals surface area contributed by atoms with Crippen LogP contribution in [0.2, 0.25) is 0 Å². The van der Waals surface area contributed by atoms with E-state index in [9.17, 15) is 0 Å². The van der Waals surface area contributed by atoms with Crippen LogP contribution in [0.3, 0.4) is 0 Å². The van der Waals surface area contributed by atoms with Crippen LogP contribution in [0.1, 0.15) is 48.6 Å². The lowest BCUT2D eigenvalue weighted by Gasteiger charge is -2.37. The minimum atomic E-state index is -0.505. The Morgan fingerprint density at radius 3 is 1.51 bits per heavy atom. The maximum absolute atomic E-state index is 4.73. The zero-order valence-electron chi connectivity index (χ0n) is 21.6. The monoisotopic (exact) mass is 499 g/mol. The molecule has 0 heterocycles. The second kappa shape index (κ2) is 10.3. The molecule has 0 atom stereocenters. The molecular formula is C35H33NS. The Morgan fingerprint density at radius 1 is 0.459 bits per heavy atom. The number of thiol groups is 1. The Bertz CT molecular complexity index is 1430. The van der Waals surface area contributed by atoms with Gasteiger partial charge in [-0.25, -0.2) is 0 Å². The molecule has 0 fully saturated rings. The maximum Gasteiger partial charge on any atom is 0.0702 e. The molecule has 184 valence electrons. The van der Waals surface area contributed by atoms with Crippen molar-refractivity contribution in [1.29, 1.82) is 0 Å². The molecule has 0 saturated carbocycles. The SMILES string of the molecule is CC(C)(C)c1ccc(Nc2cccc(C(c3ccccc3)(c3ccccc3)c3cccc(S)c3)c2)cc1. The predicted molar refractivity (Wildman–Crippen MR) is 160 cm³/mol. The minimum Gasteiger partial charge on any atom is -0.356 e. The fraction of sp³-hybridized carbons (Fsp3) is 0.143. The van der Waals surface area contributed by atoms with Crippen LogP contribution in [0.5, 0.6) is 0 Å². The summed E-state index contributed by atoms with van der Waals surface area (Å²) in [6.45, 7) is 6.72. The Hall–Kier alpha value is -3.75. The summed E-state index contributed by atoms with van der Waals surface area (Å²) in [5, 5.41) is 3.65. The standard InChI is InChI=1S/C35H33NS/c1-34(2,3)26-20-22-31(23-21-26)36-32-18-10-16-29(24-32)35(27-12-6-4-7-13-27,28-14-8-5-9-15-28)30-17-11-19-33(37)25-30/h4-25,36-37H,1-3H3. The molecule has 5 rings (SSSR count). The molecule has 0 aliphatic rings. The zero-order chi connectivity index (χ0) is 25.9. The molecule has 0 spiro atoms. The van der Waals surface area contributed by atoms with Crippen LogP contribution in [0.15, 0.2) is 138 Å². The molecule has 0 bridgehead atoms. The molecule has 1 N–H and O–H groups in total. The van der Waals surface area contributed by atoms with Crippen LogP contribution in [0.4, 0.5) is 11.4 Å². The van der Waals surface area contributed by atoms with E-state index in [2.05, 4.69) is 153 Å². The quantitative estimate of drug-likeness (QED) is 0.175. The van der Waals surface area contributed by atoms with E-state index in [4.69, 9.17) is 12.6 Å². The molecule has 0 unspecified atom stereocenters. The summed E-state index contributed by atoms with van der Waals surface area (Å²) in [5.74, 6) is 0. The summed E-state index contributed by atoms with van der Waals surface area (Å²) < 4.78 is 0. The summed E-state index contributed by atoms with van der Waals surface area (Å²) in [7, 11) is 0. The molecule has 0 amide bonds. The van der Waals surface area contributed by atoms with Gasteiger partial charge in [0, 0.05) is 16.3 Å². The number of rotatable bonds is 6. The van der Waals surface area contributed by atoms with Gasteiger partial charge in [0.2, 0.25) is 0 Å². The van der Waals surface area contributed by atoms with Crippen LogP contribution >= 0.6 is 12.6 Å². The number of benzene rings is 5. The van der Waals surface area contributed by atoms with E-state index in [1.165, 1.54) is 27.8 Å². The molecule has 5 aromatic carbocycles. The van der Waals surface area contributed by atoms with Crippen LogP contribution in [0.25, 0.3) is 0 Å². The molecule has 2 heteroatoms. The Morgan fingerprint density at radius 2 is 0.973 bits per heavy atom. The van der Waals surface area contributed by atoms with Crippen molar-refractivity contribution < 1.29 is 0 Å². The van der Waals surface area contributed by atoms with Crippen molar-refractivity contribution in [2.24, 2.45) is 0 Å². The topological polar surface area (TPSA) is 12.0 Å². The highest BCUT2D eigenvalue weighted by Crippen LogP contribution is 2.46. The highest BCUT2D eigenvalue weighted by molar-refractivity contribution is 7.80. The summed E-state index contributed by atoms with van der Waals surface area (Å²) in [6.07, 6.45) is 0. The zero-order valence-corrected chi connectivity index (χ0v) is 22.5. The van der Waals surface area contributed by atoms with Gasteiger partial charge in [-0.1, -0.05) is 118 Å². The highest BCUT2D eigenvalue weighted by atomic mass is 32.1. The molecule has 0 radical (unpaired) electrons. The smallest absolute Gasteiger partial charge is 0.0702 e. The van der Waals surface area contributed by atoms with Crippen molar-refractivity contribution in [2.75, 3.05) is 5.32 Å². The lowest BCUT2D eigenvalue weighted by Crippen LogP contribution is -2.31. The van der Waals surface area contributed by atoms with Crippen molar-refractivity contribution >= 4 is 24.0 Å². The molecule has 1 nitrogen and oxygen atoms in total. The molecule has 0 aliphatic carbocycles. The van der Waals surface area contributed by atoms with Gasteiger partial charge in [-0.3, -0.25) is 0 Å². The van der Waals surface area contributed by atoms with Gasteiger partial charge in [0.15, 0.2) is 0 Å². The van der Waals surface area contributed by atoms with Crippen LogP contribution in [-0.2, 0) is 10.8 Å². The van der Waals surface area contributed by atoms with E-state index in [0.29, 0.717) is 0 Å². The molecule has 0 saturated heterocycles. The largest absolute Gasteiger partial charge is 0.356 e. The van der Waals surface area contributed by atoms with E-state index in [1.807, 2.05) is 6.07 Å². The summed E-state index contributed by atoms with van der Waals surface area (Å²) >= 11 is 4.73. The van der Waals surface area contributed by atoms with Crippen molar-refractivity contribution in [3.63, 3.8) is 0 Å². The van der Waals surface area contributed by atoms with E-state index >= 15 is 0 Å². The number of hydrogen-bond donors (Lipinski definition) is 2. The number of anilines is 2. The third kappa shape index (κ3) is 5.08. The van der Waals surface area contributed by atoms with Gasteiger partial charge >= 0.3 is 0 Å². The number of nitrogens with one attached hydrogen (secondary N) is 1. The van der Waals surface area contributed by atoms with Gasteiger partial charge < -0.3 is 5.32 Å². The van der Waals surface area contributed by atoms with Crippen LogP contribution in [0, 0.1) is 0 Å².